The number of carbonyl (C=O) groups is 2. The first-order valence-corrected chi connectivity index (χ1v) is 8.99. The van der Waals surface area contributed by atoms with E-state index < -0.39 is 11.9 Å². The van der Waals surface area contributed by atoms with Crippen LogP contribution >= 0.6 is 11.6 Å². The van der Waals surface area contributed by atoms with Gasteiger partial charge in [-0.05, 0) is 55.8 Å². The van der Waals surface area contributed by atoms with Crippen LogP contribution in [0.4, 0.5) is 5.69 Å². The minimum atomic E-state index is -0.507. The minimum Gasteiger partial charge on any atom is -0.490 e. The average molecular weight is 392 g/mol. The maximum Gasteiger partial charge on any atom is 0.310 e. The Morgan fingerprint density at radius 3 is 2.30 bits per heavy atom. The molecule has 0 aliphatic rings. The average Bonchev–Trinajstić information content (AvgIpc) is 2.64. The lowest BCUT2D eigenvalue weighted by Gasteiger charge is -2.12. The molecule has 2 aromatic rings. The molecule has 2 aromatic carbocycles. The fourth-order valence-corrected chi connectivity index (χ4v) is 2.43. The molecule has 0 aromatic heterocycles. The standard InChI is InChI=1S/C20H22ClNO5/c1-3-25-17-10-5-14(11-18(17)26-4-2)12-20(24)27-13-19(23)22-16-8-6-15(21)7-9-16/h5-11H,3-4,12-13H2,1-2H3,(H,22,23). The predicted molar refractivity (Wildman–Crippen MR) is 104 cm³/mol. The van der Waals surface area contributed by atoms with Gasteiger partial charge in [-0.15, -0.1) is 0 Å². The molecule has 2 rings (SSSR count). The third-order valence-electron chi connectivity index (χ3n) is 3.45. The maximum absolute atomic E-state index is 12.0. The smallest absolute Gasteiger partial charge is 0.310 e. The quantitative estimate of drug-likeness (QED) is 0.657. The van der Waals surface area contributed by atoms with Gasteiger partial charge in [0, 0.05) is 10.7 Å². The van der Waals surface area contributed by atoms with Crippen molar-refractivity contribution in [2.24, 2.45) is 0 Å². The lowest BCUT2D eigenvalue weighted by atomic mass is 10.1. The van der Waals surface area contributed by atoms with E-state index in [9.17, 15) is 9.59 Å². The third kappa shape index (κ3) is 6.83. The summed E-state index contributed by atoms with van der Waals surface area (Å²) in [5.41, 5.74) is 1.29. The lowest BCUT2D eigenvalue weighted by Crippen LogP contribution is -2.21. The number of anilines is 1. The summed E-state index contributed by atoms with van der Waals surface area (Å²) in [5.74, 6) is 0.268. The van der Waals surface area contributed by atoms with Gasteiger partial charge in [-0.3, -0.25) is 9.59 Å². The lowest BCUT2D eigenvalue weighted by molar-refractivity contribution is -0.146. The van der Waals surface area contributed by atoms with Gasteiger partial charge in [-0.2, -0.15) is 0 Å². The van der Waals surface area contributed by atoms with Crippen molar-refractivity contribution >= 4 is 29.2 Å². The monoisotopic (exact) mass is 391 g/mol. The second-order valence-electron chi connectivity index (χ2n) is 5.54. The second kappa shape index (κ2) is 10.4. The van der Waals surface area contributed by atoms with E-state index in [0.717, 1.165) is 0 Å². The molecule has 1 N–H and O–H groups in total. The Morgan fingerprint density at radius 2 is 1.63 bits per heavy atom. The molecule has 0 saturated carbocycles. The van der Waals surface area contributed by atoms with Gasteiger partial charge in [0.2, 0.25) is 0 Å². The van der Waals surface area contributed by atoms with Gasteiger partial charge in [0.1, 0.15) is 0 Å². The Balaban J connectivity index is 1.86. The summed E-state index contributed by atoms with van der Waals surface area (Å²) >= 11 is 5.79. The zero-order valence-corrected chi connectivity index (χ0v) is 16.0. The molecule has 0 unspecified atom stereocenters. The molecule has 0 heterocycles. The van der Waals surface area contributed by atoms with Crippen molar-refractivity contribution in [1.29, 1.82) is 0 Å². The topological polar surface area (TPSA) is 73.9 Å². The summed E-state index contributed by atoms with van der Waals surface area (Å²) in [6, 6.07) is 11.9. The normalized spacial score (nSPS) is 10.2. The highest BCUT2D eigenvalue weighted by Gasteiger charge is 2.12. The van der Waals surface area contributed by atoms with Crippen LogP contribution in [0.25, 0.3) is 0 Å². The zero-order chi connectivity index (χ0) is 19.6. The molecule has 27 heavy (non-hydrogen) atoms. The van der Waals surface area contributed by atoms with Crippen LogP contribution in [0.3, 0.4) is 0 Å². The Hall–Kier alpha value is -2.73. The van der Waals surface area contributed by atoms with Gasteiger partial charge >= 0.3 is 5.97 Å². The fraction of sp³-hybridized carbons (Fsp3) is 0.300. The summed E-state index contributed by atoms with van der Waals surface area (Å²) < 4.78 is 16.1. The van der Waals surface area contributed by atoms with Crippen LogP contribution in [0.2, 0.25) is 5.02 Å². The van der Waals surface area contributed by atoms with E-state index in [1.165, 1.54) is 0 Å². The molecule has 0 bridgehead atoms. The van der Waals surface area contributed by atoms with Crippen molar-refractivity contribution in [1.82, 2.24) is 0 Å². The van der Waals surface area contributed by atoms with Crippen molar-refractivity contribution in [2.75, 3.05) is 25.1 Å². The van der Waals surface area contributed by atoms with Crippen LogP contribution in [0.1, 0.15) is 19.4 Å². The summed E-state index contributed by atoms with van der Waals surface area (Å²) in [5, 5.41) is 3.19. The summed E-state index contributed by atoms with van der Waals surface area (Å²) in [6.07, 6.45) is 0.0285. The predicted octanol–water partition coefficient (Wildman–Crippen LogP) is 3.86. The van der Waals surface area contributed by atoms with Crippen LogP contribution < -0.4 is 14.8 Å². The Bertz CT molecular complexity index is 776. The molecule has 0 saturated heterocycles. The van der Waals surface area contributed by atoms with E-state index in [2.05, 4.69) is 5.32 Å². The second-order valence-corrected chi connectivity index (χ2v) is 5.98. The van der Waals surface area contributed by atoms with Crippen molar-refractivity contribution in [2.45, 2.75) is 20.3 Å². The Labute approximate surface area is 163 Å². The minimum absolute atomic E-state index is 0.0285. The van der Waals surface area contributed by atoms with Crippen LogP contribution in [0.15, 0.2) is 42.5 Å². The van der Waals surface area contributed by atoms with E-state index in [0.29, 0.717) is 41.0 Å². The molecule has 0 aliphatic carbocycles. The van der Waals surface area contributed by atoms with Gasteiger partial charge in [0.25, 0.3) is 5.91 Å². The highest BCUT2D eigenvalue weighted by molar-refractivity contribution is 6.30. The SMILES string of the molecule is CCOc1ccc(CC(=O)OCC(=O)Nc2ccc(Cl)cc2)cc1OCC. The van der Waals surface area contributed by atoms with Crippen molar-refractivity contribution in [3.63, 3.8) is 0 Å². The first-order valence-electron chi connectivity index (χ1n) is 8.61. The Kier molecular flexibility index (Phi) is 7.95. The summed E-state index contributed by atoms with van der Waals surface area (Å²) in [6.45, 7) is 4.39. The number of amides is 1. The molecular weight excluding hydrogens is 370 g/mol. The van der Waals surface area contributed by atoms with Gasteiger partial charge < -0.3 is 19.5 Å². The first-order chi connectivity index (χ1) is 13.0. The molecule has 1 amide bonds. The largest absolute Gasteiger partial charge is 0.490 e. The number of halogens is 1. The molecule has 0 spiro atoms. The van der Waals surface area contributed by atoms with Crippen molar-refractivity contribution in [3.8, 4) is 11.5 Å². The molecule has 0 atom stereocenters. The van der Waals surface area contributed by atoms with Gasteiger partial charge in [-0.25, -0.2) is 0 Å². The fourth-order valence-electron chi connectivity index (χ4n) is 2.30. The van der Waals surface area contributed by atoms with Crippen LogP contribution in [-0.4, -0.2) is 31.7 Å². The van der Waals surface area contributed by atoms with Crippen molar-refractivity contribution < 1.29 is 23.8 Å². The van der Waals surface area contributed by atoms with Gasteiger partial charge in [0.05, 0.1) is 19.6 Å². The highest BCUT2D eigenvalue weighted by Crippen LogP contribution is 2.28. The highest BCUT2D eigenvalue weighted by atomic mass is 35.5. The number of hydrogen-bond acceptors (Lipinski definition) is 5. The first kappa shape index (κ1) is 20.6. The molecular formula is C20H22ClNO5. The van der Waals surface area contributed by atoms with Gasteiger partial charge in [-0.1, -0.05) is 17.7 Å². The van der Waals surface area contributed by atoms with Crippen LogP contribution in [-0.2, 0) is 20.7 Å². The van der Waals surface area contributed by atoms with E-state index in [4.69, 9.17) is 25.8 Å². The molecule has 0 aliphatic heterocycles. The summed E-state index contributed by atoms with van der Waals surface area (Å²) in [7, 11) is 0. The van der Waals surface area contributed by atoms with E-state index >= 15 is 0 Å². The van der Waals surface area contributed by atoms with Crippen molar-refractivity contribution in [3.05, 3.63) is 53.1 Å². The molecule has 6 nitrogen and oxygen atoms in total. The molecule has 0 radical (unpaired) electrons. The van der Waals surface area contributed by atoms with E-state index in [1.54, 1.807) is 42.5 Å². The van der Waals surface area contributed by atoms with Crippen LogP contribution in [0.5, 0.6) is 11.5 Å². The van der Waals surface area contributed by atoms with Gasteiger partial charge in [0.15, 0.2) is 18.1 Å². The number of benzene rings is 2. The molecule has 144 valence electrons. The van der Waals surface area contributed by atoms with E-state index in [-0.39, 0.29) is 13.0 Å². The summed E-state index contributed by atoms with van der Waals surface area (Å²) in [4.78, 5) is 23.9. The zero-order valence-electron chi connectivity index (χ0n) is 15.3. The number of hydrogen-bond donors (Lipinski definition) is 1. The molecule has 7 heteroatoms. The third-order valence-corrected chi connectivity index (χ3v) is 3.70. The molecule has 0 fully saturated rings. The number of ether oxygens (including phenoxy) is 3. The Morgan fingerprint density at radius 1 is 0.963 bits per heavy atom. The maximum atomic E-state index is 12.0. The number of carbonyl (C=O) groups excluding carboxylic acids is 2. The number of nitrogens with one attached hydrogen (secondary N) is 1. The van der Waals surface area contributed by atoms with E-state index in [1.807, 2.05) is 13.8 Å². The van der Waals surface area contributed by atoms with Crippen LogP contribution in [0, 0.1) is 0 Å². The number of esters is 1. The number of rotatable bonds is 9.